The van der Waals surface area contributed by atoms with Crippen molar-refractivity contribution in [1.82, 2.24) is 14.9 Å². The average molecular weight is 231 g/mol. The van der Waals surface area contributed by atoms with Gasteiger partial charge >= 0.3 is 0 Å². The molecule has 0 saturated carbocycles. The van der Waals surface area contributed by atoms with Crippen LogP contribution < -0.4 is 5.32 Å². The van der Waals surface area contributed by atoms with Crippen LogP contribution in [0, 0.1) is 5.82 Å². The van der Waals surface area contributed by atoms with Gasteiger partial charge < -0.3 is 9.88 Å². The lowest BCUT2D eigenvalue weighted by atomic mass is 10.1. The molecule has 17 heavy (non-hydrogen) atoms. The first-order valence-electron chi connectivity index (χ1n) is 5.81. The largest absolute Gasteiger partial charge is 0.330 e. The van der Waals surface area contributed by atoms with Crippen LogP contribution in [0.4, 0.5) is 4.39 Å². The molecule has 1 aromatic carbocycles. The molecule has 3 rings (SSSR count). The zero-order valence-electron chi connectivity index (χ0n) is 9.49. The van der Waals surface area contributed by atoms with Gasteiger partial charge in [-0.25, -0.2) is 9.37 Å². The summed E-state index contributed by atoms with van der Waals surface area (Å²) in [6, 6.07) is 6.64. The Kier molecular flexibility index (Phi) is 2.65. The highest BCUT2D eigenvalue weighted by Gasteiger charge is 2.14. The third-order valence-electron chi connectivity index (χ3n) is 3.13. The summed E-state index contributed by atoms with van der Waals surface area (Å²) in [5.41, 5.74) is 3.54. The Morgan fingerprint density at radius 2 is 2.12 bits per heavy atom. The van der Waals surface area contributed by atoms with Gasteiger partial charge in [-0.15, -0.1) is 0 Å². The average Bonchev–Trinajstić information content (AvgIpc) is 2.76. The zero-order chi connectivity index (χ0) is 11.7. The maximum Gasteiger partial charge on any atom is 0.123 e. The molecule has 0 bridgehead atoms. The number of aromatic nitrogens is 2. The molecule has 1 aliphatic rings. The fourth-order valence-electron chi connectivity index (χ4n) is 2.22. The first kappa shape index (κ1) is 10.5. The van der Waals surface area contributed by atoms with E-state index in [4.69, 9.17) is 0 Å². The third-order valence-corrected chi connectivity index (χ3v) is 3.13. The maximum atomic E-state index is 12.8. The Balaban J connectivity index is 1.85. The van der Waals surface area contributed by atoms with Gasteiger partial charge in [0, 0.05) is 31.7 Å². The number of imidazole rings is 1. The summed E-state index contributed by atoms with van der Waals surface area (Å²) in [5.74, 6) is -0.189. The van der Waals surface area contributed by atoms with Crippen LogP contribution in [0.25, 0.3) is 0 Å². The van der Waals surface area contributed by atoms with Gasteiger partial charge in [-0.2, -0.15) is 0 Å². The normalized spacial score (nSPS) is 14.6. The van der Waals surface area contributed by atoms with Crippen molar-refractivity contribution in [2.24, 2.45) is 0 Å². The molecule has 4 heteroatoms. The smallest absolute Gasteiger partial charge is 0.123 e. The van der Waals surface area contributed by atoms with E-state index in [1.165, 1.54) is 17.8 Å². The number of benzene rings is 1. The van der Waals surface area contributed by atoms with E-state index in [0.29, 0.717) is 0 Å². The monoisotopic (exact) mass is 231 g/mol. The molecule has 1 aliphatic heterocycles. The first-order valence-corrected chi connectivity index (χ1v) is 5.81. The lowest BCUT2D eigenvalue weighted by molar-refractivity contribution is 0.601. The molecule has 88 valence electrons. The Labute approximate surface area is 99.3 Å². The Morgan fingerprint density at radius 1 is 1.29 bits per heavy atom. The molecule has 0 fully saturated rings. The van der Waals surface area contributed by atoms with Crippen LogP contribution in [0.1, 0.15) is 17.0 Å². The Bertz CT molecular complexity index is 516. The van der Waals surface area contributed by atoms with Gasteiger partial charge in [-0.1, -0.05) is 12.1 Å². The number of nitrogens with zero attached hydrogens (tertiary/aromatic N) is 2. The SMILES string of the molecule is Fc1ccc(Cn2cnc3c2CCNC3)cc1. The molecule has 2 aromatic rings. The lowest BCUT2D eigenvalue weighted by Gasteiger charge is -2.15. The van der Waals surface area contributed by atoms with E-state index in [0.717, 1.165) is 37.3 Å². The molecular weight excluding hydrogens is 217 g/mol. The second-order valence-electron chi connectivity index (χ2n) is 4.32. The molecule has 0 aliphatic carbocycles. The summed E-state index contributed by atoms with van der Waals surface area (Å²) in [6.45, 7) is 2.62. The molecule has 3 nitrogen and oxygen atoms in total. The van der Waals surface area contributed by atoms with Gasteiger partial charge in [0.05, 0.1) is 12.0 Å². The van der Waals surface area contributed by atoms with Gasteiger partial charge in [-0.3, -0.25) is 0 Å². The Morgan fingerprint density at radius 3 is 2.94 bits per heavy atom. The maximum absolute atomic E-state index is 12.8. The summed E-state index contributed by atoms with van der Waals surface area (Å²) < 4.78 is 15.0. The second-order valence-corrected chi connectivity index (χ2v) is 4.32. The highest BCUT2D eigenvalue weighted by Crippen LogP contribution is 2.14. The quantitative estimate of drug-likeness (QED) is 0.852. The Hall–Kier alpha value is -1.68. The van der Waals surface area contributed by atoms with Crippen molar-refractivity contribution in [3.8, 4) is 0 Å². The highest BCUT2D eigenvalue weighted by atomic mass is 19.1. The van der Waals surface area contributed by atoms with Crippen molar-refractivity contribution in [2.75, 3.05) is 6.54 Å². The molecule has 1 N–H and O–H groups in total. The van der Waals surface area contributed by atoms with Gasteiger partial charge in [0.25, 0.3) is 0 Å². The minimum absolute atomic E-state index is 0.189. The van der Waals surface area contributed by atoms with E-state index >= 15 is 0 Å². The van der Waals surface area contributed by atoms with Crippen LogP contribution in [0.3, 0.4) is 0 Å². The molecule has 0 amide bonds. The lowest BCUT2D eigenvalue weighted by Crippen LogP contribution is -2.25. The molecule has 0 saturated heterocycles. The van der Waals surface area contributed by atoms with Crippen LogP contribution in [0.15, 0.2) is 30.6 Å². The van der Waals surface area contributed by atoms with Crippen molar-refractivity contribution >= 4 is 0 Å². The minimum atomic E-state index is -0.189. The standard InChI is InChI=1S/C13H14FN3/c14-11-3-1-10(2-4-11)8-17-9-16-12-7-15-6-5-13(12)17/h1-4,9,15H,5-8H2. The molecule has 0 unspecified atom stereocenters. The molecule has 0 atom stereocenters. The third kappa shape index (κ3) is 2.08. The van der Waals surface area contributed by atoms with Crippen molar-refractivity contribution in [1.29, 1.82) is 0 Å². The summed E-state index contributed by atoms with van der Waals surface area (Å²) in [6.07, 6.45) is 2.89. The van der Waals surface area contributed by atoms with E-state index < -0.39 is 0 Å². The fraction of sp³-hybridized carbons (Fsp3) is 0.308. The van der Waals surface area contributed by atoms with Crippen molar-refractivity contribution in [3.05, 3.63) is 53.4 Å². The van der Waals surface area contributed by atoms with E-state index in [9.17, 15) is 4.39 Å². The van der Waals surface area contributed by atoms with Crippen molar-refractivity contribution in [2.45, 2.75) is 19.5 Å². The molecule has 0 spiro atoms. The minimum Gasteiger partial charge on any atom is -0.330 e. The van der Waals surface area contributed by atoms with Gasteiger partial charge in [0.2, 0.25) is 0 Å². The predicted molar refractivity (Wildman–Crippen MR) is 63.1 cm³/mol. The van der Waals surface area contributed by atoms with E-state index in [1.54, 1.807) is 0 Å². The summed E-state index contributed by atoms with van der Waals surface area (Å²) in [4.78, 5) is 4.40. The van der Waals surface area contributed by atoms with E-state index in [-0.39, 0.29) is 5.82 Å². The van der Waals surface area contributed by atoms with Crippen LogP contribution >= 0.6 is 0 Å². The summed E-state index contributed by atoms with van der Waals surface area (Å²) >= 11 is 0. The number of hydrogen-bond donors (Lipinski definition) is 1. The summed E-state index contributed by atoms with van der Waals surface area (Å²) in [5, 5.41) is 3.30. The van der Waals surface area contributed by atoms with Crippen molar-refractivity contribution in [3.63, 3.8) is 0 Å². The molecule has 1 aromatic heterocycles. The molecular formula is C13H14FN3. The second kappa shape index (κ2) is 4.30. The highest BCUT2D eigenvalue weighted by molar-refractivity contribution is 5.21. The fourth-order valence-corrected chi connectivity index (χ4v) is 2.22. The number of halogens is 1. The van der Waals surface area contributed by atoms with Crippen LogP contribution in [-0.2, 0) is 19.5 Å². The van der Waals surface area contributed by atoms with E-state index in [1.807, 2.05) is 18.5 Å². The number of rotatable bonds is 2. The first-order chi connectivity index (χ1) is 8.33. The van der Waals surface area contributed by atoms with Gasteiger partial charge in [0.15, 0.2) is 0 Å². The number of nitrogens with one attached hydrogen (secondary N) is 1. The van der Waals surface area contributed by atoms with E-state index in [2.05, 4.69) is 14.9 Å². The zero-order valence-corrected chi connectivity index (χ0v) is 9.49. The molecule has 2 heterocycles. The van der Waals surface area contributed by atoms with Crippen molar-refractivity contribution < 1.29 is 4.39 Å². The number of fused-ring (bicyclic) bond motifs is 1. The van der Waals surface area contributed by atoms with Crippen LogP contribution in [0.2, 0.25) is 0 Å². The van der Waals surface area contributed by atoms with Gasteiger partial charge in [0.1, 0.15) is 5.82 Å². The number of hydrogen-bond acceptors (Lipinski definition) is 2. The van der Waals surface area contributed by atoms with Gasteiger partial charge in [-0.05, 0) is 17.7 Å². The topological polar surface area (TPSA) is 29.9 Å². The van der Waals surface area contributed by atoms with Crippen LogP contribution in [-0.4, -0.2) is 16.1 Å². The summed E-state index contributed by atoms with van der Waals surface area (Å²) in [7, 11) is 0. The predicted octanol–water partition coefficient (Wildman–Crippen LogP) is 1.72. The van der Waals surface area contributed by atoms with Crippen LogP contribution in [0.5, 0.6) is 0 Å². The molecule has 0 radical (unpaired) electrons.